The van der Waals surface area contributed by atoms with Gasteiger partial charge in [-0.15, -0.1) is 0 Å². The van der Waals surface area contributed by atoms with Gasteiger partial charge in [-0.25, -0.2) is 0 Å². The maximum Gasteiger partial charge on any atom is 0.246 e. The third-order valence-electron chi connectivity index (χ3n) is 1.63. The summed E-state index contributed by atoms with van der Waals surface area (Å²) in [6.07, 6.45) is 1.00. The van der Waals surface area contributed by atoms with Crippen molar-refractivity contribution in [2.75, 3.05) is 6.54 Å². The Bertz CT molecular complexity index is 106. The summed E-state index contributed by atoms with van der Waals surface area (Å²) in [5.41, 5.74) is -0.0848. The van der Waals surface area contributed by atoms with Gasteiger partial charge in [0.25, 0.3) is 0 Å². The van der Waals surface area contributed by atoms with Crippen molar-refractivity contribution >= 4 is 10.5 Å². The molecule has 0 aromatic rings. The minimum atomic E-state index is -0.0848. The summed E-state index contributed by atoms with van der Waals surface area (Å²) >= 11 is 0. The number of hydrogen-bond acceptors (Lipinski definition) is 2. The fourth-order valence-electron chi connectivity index (χ4n) is 1.20. The first-order chi connectivity index (χ1) is 5.02. The van der Waals surface area contributed by atoms with Crippen LogP contribution in [0.5, 0.6) is 0 Å². The molecule has 3 radical (unpaired) electrons. The lowest BCUT2D eigenvalue weighted by Gasteiger charge is -2.27. The molecule has 0 aliphatic rings. The molecule has 0 heterocycles. The smallest absolute Gasteiger partial charge is 0.246 e. The van der Waals surface area contributed by atoms with Gasteiger partial charge in [0.1, 0.15) is 0 Å². The Morgan fingerprint density at radius 3 is 2.45 bits per heavy atom. The van der Waals surface area contributed by atoms with Crippen molar-refractivity contribution in [1.29, 1.82) is 0 Å². The second-order valence-corrected chi connectivity index (χ2v) is 3.73. The van der Waals surface area contributed by atoms with Crippen molar-refractivity contribution in [2.45, 2.75) is 45.8 Å². The standard InChI is InChI=1S/C8H18NOSi/c1-5-9-7(2)6-8(3,4)10-11/h7,9H,5-6H2,1-4H3. The minimum absolute atomic E-state index is 0.0848. The molecule has 65 valence electrons. The van der Waals surface area contributed by atoms with E-state index in [-0.39, 0.29) is 5.60 Å². The molecule has 0 bridgehead atoms. The van der Waals surface area contributed by atoms with Gasteiger partial charge >= 0.3 is 0 Å². The molecule has 2 nitrogen and oxygen atoms in total. The predicted octanol–water partition coefficient (Wildman–Crippen LogP) is 1.25. The van der Waals surface area contributed by atoms with Crippen molar-refractivity contribution < 1.29 is 4.43 Å². The van der Waals surface area contributed by atoms with Gasteiger partial charge < -0.3 is 9.74 Å². The van der Waals surface area contributed by atoms with Crippen LogP contribution in [0.1, 0.15) is 34.1 Å². The molecule has 0 aromatic heterocycles. The van der Waals surface area contributed by atoms with Gasteiger partial charge in [-0.3, -0.25) is 0 Å². The van der Waals surface area contributed by atoms with E-state index in [9.17, 15) is 0 Å². The van der Waals surface area contributed by atoms with E-state index in [1.807, 2.05) is 0 Å². The van der Waals surface area contributed by atoms with E-state index < -0.39 is 0 Å². The third-order valence-corrected chi connectivity index (χ3v) is 2.18. The fourth-order valence-corrected chi connectivity index (χ4v) is 1.28. The summed E-state index contributed by atoms with van der Waals surface area (Å²) in [7, 11) is 3.07. The first-order valence-electron chi connectivity index (χ1n) is 4.10. The van der Waals surface area contributed by atoms with Gasteiger partial charge in [0.05, 0.1) is 5.60 Å². The van der Waals surface area contributed by atoms with Crippen LogP contribution < -0.4 is 5.32 Å². The molecule has 1 unspecified atom stereocenters. The predicted molar refractivity (Wildman–Crippen MR) is 48.7 cm³/mol. The molecular weight excluding hydrogens is 154 g/mol. The highest BCUT2D eigenvalue weighted by Gasteiger charge is 2.18. The maximum absolute atomic E-state index is 5.12. The summed E-state index contributed by atoms with van der Waals surface area (Å²) in [6, 6.07) is 0.506. The Morgan fingerprint density at radius 1 is 1.55 bits per heavy atom. The topological polar surface area (TPSA) is 21.3 Å². The number of nitrogens with one attached hydrogen (secondary N) is 1. The molecule has 0 aliphatic heterocycles. The Kier molecular flexibility index (Phi) is 4.96. The van der Waals surface area contributed by atoms with Crippen molar-refractivity contribution in [2.24, 2.45) is 0 Å². The number of hydrogen-bond donors (Lipinski definition) is 1. The maximum atomic E-state index is 5.12. The molecule has 1 atom stereocenters. The van der Waals surface area contributed by atoms with Crippen molar-refractivity contribution in [3.63, 3.8) is 0 Å². The van der Waals surface area contributed by atoms with Crippen LogP contribution in [-0.4, -0.2) is 28.7 Å². The minimum Gasteiger partial charge on any atom is -0.414 e. The molecule has 0 fully saturated rings. The molecule has 0 saturated carbocycles. The second-order valence-electron chi connectivity index (χ2n) is 3.52. The Morgan fingerprint density at radius 2 is 2.09 bits per heavy atom. The van der Waals surface area contributed by atoms with Crippen LogP contribution in [0.2, 0.25) is 0 Å². The summed E-state index contributed by atoms with van der Waals surface area (Å²) < 4.78 is 5.12. The van der Waals surface area contributed by atoms with Crippen LogP contribution in [0.25, 0.3) is 0 Å². The van der Waals surface area contributed by atoms with Crippen LogP contribution in [0.4, 0.5) is 0 Å². The van der Waals surface area contributed by atoms with Crippen LogP contribution in [0.3, 0.4) is 0 Å². The first-order valence-corrected chi connectivity index (χ1v) is 4.50. The van der Waals surface area contributed by atoms with Crippen LogP contribution in [-0.2, 0) is 4.43 Å². The largest absolute Gasteiger partial charge is 0.414 e. The average Bonchev–Trinajstić information content (AvgIpc) is 1.87. The van der Waals surface area contributed by atoms with Gasteiger partial charge in [-0.1, -0.05) is 6.92 Å². The zero-order valence-electron chi connectivity index (χ0n) is 7.90. The molecule has 0 aromatic carbocycles. The number of rotatable bonds is 5. The lowest BCUT2D eigenvalue weighted by molar-refractivity contribution is 0.101. The quantitative estimate of drug-likeness (QED) is 0.630. The van der Waals surface area contributed by atoms with Gasteiger partial charge in [0.15, 0.2) is 0 Å². The Hall–Kier alpha value is 0.137. The molecule has 3 heteroatoms. The van der Waals surface area contributed by atoms with Gasteiger partial charge in [-0.2, -0.15) is 0 Å². The molecule has 0 saturated heterocycles. The zero-order chi connectivity index (χ0) is 8.91. The molecule has 0 spiro atoms. The van der Waals surface area contributed by atoms with E-state index in [0.717, 1.165) is 13.0 Å². The Balaban J connectivity index is 3.64. The van der Waals surface area contributed by atoms with Crippen LogP contribution in [0.15, 0.2) is 0 Å². The van der Waals surface area contributed by atoms with E-state index in [1.165, 1.54) is 0 Å². The molecule has 0 rings (SSSR count). The van der Waals surface area contributed by atoms with Crippen LogP contribution in [0, 0.1) is 0 Å². The van der Waals surface area contributed by atoms with E-state index >= 15 is 0 Å². The summed E-state index contributed by atoms with van der Waals surface area (Å²) in [6.45, 7) is 9.41. The fraction of sp³-hybridized carbons (Fsp3) is 1.00. The summed E-state index contributed by atoms with van der Waals surface area (Å²) in [5, 5.41) is 3.33. The van der Waals surface area contributed by atoms with Crippen molar-refractivity contribution in [3.8, 4) is 0 Å². The molecule has 0 amide bonds. The summed E-state index contributed by atoms with van der Waals surface area (Å²) in [4.78, 5) is 0. The lowest BCUT2D eigenvalue weighted by Crippen LogP contribution is -2.35. The highest BCUT2D eigenvalue weighted by Crippen LogP contribution is 2.14. The highest BCUT2D eigenvalue weighted by atomic mass is 28.2. The van der Waals surface area contributed by atoms with Crippen LogP contribution >= 0.6 is 0 Å². The van der Waals surface area contributed by atoms with E-state index in [1.54, 1.807) is 0 Å². The molecule has 11 heavy (non-hydrogen) atoms. The van der Waals surface area contributed by atoms with Gasteiger partial charge in [0.2, 0.25) is 10.5 Å². The lowest BCUT2D eigenvalue weighted by atomic mass is 10.0. The van der Waals surface area contributed by atoms with Crippen molar-refractivity contribution in [1.82, 2.24) is 5.32 Å². The van der Waals surface area contributed by atoms with E-state index in [2.05, 4.69) is 43.5 Å². The van der Waals surface area contributed by atoms with E-state index in [0.29, 0.717) is 6.04 Å². The molecular formula is C8H18NOSi. The Labute approximate surface area is 73.3 Å². The van der Waals surface area contributed by atoms with Gasteiger partial charge in [-0.05, 0) is 33.7 Å². The summed E-state index contributed by atoms with van der Waals surface area (Å²) in [5.74, 6) is 0. The molecule has 0 aliphatic carbocycles. The normalized spacial score (nSPS) is 15.0. The SMILES string of the molecule is CCNC(C)CC(C)(C)O[Si]. The highest BCUT2D eigenvalue weighted by molar-refractivity contribution is 5.98. The monoisotopic (exact) mass is 172 g/mol. The van der Waals surface area contributed by atoms with Gasteiger partial charge in [0, 0.05) is 6.04 Å². The third kappa shape index (κ3) is 5.41. The first kappa shape index (κ1) is 11.1. The zero-order valence-corrected chi connectivity index (χ0v) is 8.90. The van der Waals surface area contributed by atoms with E-state index in [4.69, 9.17) is 4.43 Å². The average molecular weight is 172 g/mol. The second kappa shape index (κ2) is 4.90. The van der Waals surface area contributed by atoms with Crippen molar-refractivity contribution in [3.05, 3.63) is 0 Å². The molecule has 1 N–H and O–H groups in total.